The summed E-state index contributed by atoms with van der Waals surface area (Å²) in [5, 5.41) is 12.5. The van der Waals surface area contributed by atoms with Crippen molar-refractivity contribution in [3.05, 3.63) is 18.0 Å². The van der Waals surface area contributed by atoms with Gasteiger partial charge in [0.25, 0.3) is 6.43 Å². The lowest BCUT2D eigenvalue weighted by Gasteiger charge is -2.04. The molecule has 0 radical (unpaired) electrons. The van der Waals surface area contributed by atoms with E-state index in [0.29, 0.717) is 0 Å². The molecule has 62 valence electrons. The van der Waals surface area contributed by atoms with E-state index in [9.17, 15) is 8.78 Å². The molecule has 0 aromatic carbocycles. The first-order chi connectivity index (χ1) is 5.11. The van der Waals surface area contributed by atoms with Crippen LogP contribution in [0.5, 0.6) is 0 Å². The van der Waals surface area contributed by atoms with Gasteiger partial charge in [-0.3, -0.25) is 4.68 Å². The molecule has 1 heterocycles. The largest absolute Gasteiger partial charge is 0.382 e. The van der Waals surface area contributed by atoms with Gasteiger partial charge in [0.1, 0.15) is 6.10 Å². The average molecular weight is 162 g/mol. The molecule has 0 saturated heterocycles. The van der Waals surface area contributed by atoms with E-state index in [1.54, 1.807) is 7.05 Å². The Morgan fingerprint density at radius 3 is 2.64 bits per heavy atom. The van der Waals surface area contributed by atoms with Crippen LogP contribution in [0.25, 0.3) is 0 Å². The van der Waals surface area contributed by atoms with E-state index in [-0.39, 0.29) is 5.56 Å². The number of aromatic nitrogens is 2. The maximum absolute atomic E-state index is 11.8. The maximum Gasteiger partial charge on any atom is 0.268 e. The second-order valence-corrected chi connectivity index (χ2v) is 2.23. The van der Waals surface area contributed by atoms with Crippen molar-refractivity contribution in [2.24, 2.45) is 7.05 Å². The van der Waals surface area contributed by atoms with E-state index in [1.807, 2.05) is 0 Å². The van der Waals surface area contributed by atoms with Crippen molar-refractivity contribution in [3.8, 4) is 0 Å². The first-order valence-electron chi connectivity index (χ1n) is 3.06. The standard InChI is InChI=1S/C6H8F2N2O/c1-10-3-4(2-9-10)5(11)6(7)8/h2-3,5-6,11H,1H3. The van der Waals surface area contributed by atoms with E-state index >= 15 is 0 Å². The number of nitrogens with zero attached hydrogens (tertiary/aromatic N) is 2. The predicted molar refractivity (Wildman–Crippen MR) is 34.2 cm³/mol. The van der Waals surface area contributed by atoms with Crippen molar-refractivity contribution in [1.82, 2.24) is 9.78 Å². The minimum Gasteiger partial charge on any atom is -0.382 e. The number of aryl methyl sites for hydroxylation is 1. The zero-order valence-electron chi connectivity index (χ0n) is 5.91. The molecule has 3 nitrogen and oxygen atoms in total. The van der Waals surface area contributed by atoms with Crippen molar-refractivity contribution < 1.29 is 13.9 Å². The van der Waals surface area contributed by atoms with Crippen LogP contribution in [0.1, 0.15) is 11.7 Å². The van der Waals surface area contributed by atoms with Gasteiger partial charge < -0.3 is 5.11 Å². The van der Waals surface area contributed by atoms with Gasteiger partial charge >= 0.3 is 0 Å². The Morgan fingerprint density at radius 1 is 1.64 bits per heavy atom. The third kappa shape index (κ3) is 1.74. The molecular formula is C6H8F2N2O. The summed E-state index contributed by atoms with van der Waals surface area (Å²) in [6, 6.07) is 0. The summed E-state index contributed by atoms with van der Waals surface area (Å²) in [5.74, 6) is 0. The number of halogens is 2. The molecule has 1 rings (SSSR count). The minimum atomic E-state index is -2.75. The molecule has 0 fully saturated rings. The fourth-order valence-corrected chi connectivity index (χ4v) is 0.738. The van der Waals surface area contributed by atoms with Gasteiger partial charge in [-0.05, 0) is 0 Å². The van der Waals surface area contributed by atoms with Crippen LogP contribution < -0.4 is 0 Å². The van der Waals surface area contributed by atoms with Gasteiger partial charge in [-0.1, -0.05) is 0 Å². The molecule has 0 spiro atoms. The molecule has 0 amide bonds. The third-order valence-corrected chi connectivity index (χ3v) is 1.31. The summed E-state index contributed by atoms with van der Waals surface area (Å²) in [4.78, 5) is 0. The van der Waals surface area contributed by atoms with Crippen LogP contribution in [0.3, 0.4) is 0 Å². The highest BCUT2D eigenvalue weighted by Gasteiger charge is 2.19. The Balaban J connectivity index is 2.76. The van der Waals surface area contributed by atoms with Gasteiger partial charge in [-0.15, -0.1) is 0 Å². The quantitative estimate of drug-likeness (QED) is 0.695. The van der Waals surface area contributed by atoms with E-state index in [4.69, 9.17) is 5.11 Å². The summed E-state index contributed by atoms with van der Waals surface area (Å²) in [7, 11) is 1.60. The molecular weight excluding hydrogens is 154 g/mol. The lowest BCUT2D eigenvalue weighted by Crippen LogP contribution is -2.06. The van der Waals surface area contributed by atoms with Crippen molar-refractivity contribution in [2.75, 3.05) is 0 Å². The number of hydrogen-bond acceptors (Lipinski definition) is 2. The summed E-state index contributed by atoms with van der Waals surface area (Å²) in [5.41, 5.74) is 0.141. The molecule has 1 unspecified atom stereocenters. The summed E-state index contributed by atoms with van der Waals surface area (Å²) in [6.07, 6.45) is -1.89. The Hall–Kier alpha value is -0.970. The Morgan fingerprint density at radius 2 is 2.27 bits per heavy atom. The van der Waals surface area contributed by atoms with Crippen LogP contribution in [-0.2, 0) is 7.05 Å². The van der Waals surface area contributed by atoms with Gasteiger partial charge in [0.05, 0.1) is 6.20 Å². The van der Waals surface area contributed by atoms with Gasteiger partial charge in [0.2, 0.25) is 0 Å². The Bertz CT molecular complexity index is 236. The number of aliphatic hydroxyl groups is 1. The molecule has 1 aromatic heterocycles. The fraction of sp³-hybridized carbons (Fsp3) is 0.500. The number of hydrogen-bond donors (Lipinski definition) is 1. The Labute approximate surface area is 62.3 Å². The normalized spacial score (nSPS) is 13.9. The Kier molecular flexibility index (Phi) is 2.19. The van der Waals surface area contributed by atoms with E-state index in [0.717, 1.165) is 0 Å². The van der Waals surface area contributed by atoms with Crippen molar-refractivity contribution >= 4 is 0 Å². The fourth-order valence-electron chi connectivity index (χ4n) is 0.738. The predicted octanol–water partition coefficient (Wildman–Crippen LogP) is 0.719. The smallest absolute Gasteiger partial charge is 0.268 e. The van der Waals surface area contributed by atoms with Crippen molar-refractivity contribution in [2.45, 2.75) is 12.5 Å². The molecule has 0 aliphatic rings. The molecule has 1 aromatic rings. The van der Waals surface area contributed by atoms with Crippen molar-refractivity contribution in [3.63, 3.8) is 0 Å². The van der Waals surface area contributed by atoms with Crippen LogP contribution in [-0.4, -0.2) is 21.3 Å². The minimum absolute atomic E-state index is 0.141. The van der Waals surface area contributed by atoms with Gasteiger partial charge in [0.15, 0.2) is 0 Å². The molecule has 0 bridgehead atoms. The van der Waals surface area contributed by atoms with Crippen LogP contribution in [0.4, 0.5) is 8.78 Å². The van der Waals surface area contributed by atoms with Crippen LogP contribution in [0.2, 0.25) is 0 Å². The van der Waals surface area contributed by atoms with E-state index in [1.165, 1.54) is 17.1 Å². The molecule has 0 saturated carbocycles. The van der Waals surface area contributed by atoms with Crippen molar-refractivity contribution in [1.29, 1.82) is 0 Å². The third-order valence-electron chi connectivity index (χ3n) is 1.31. The van der Waals surface area contributed by atoms with Gasteiger partial charge in [0, 0.05) is 18.8 Å². The second-order valence-electron chi connectivity index (χ2n) is 2.23. The monoisotopic (exact) mass is 162 g/mol. The molecule has 0 aliphatic carbocycles. The van der Waals surface area contributed by atoms with Crippen LogP contribution in [0.15, 0.2) is 12.4 Å². The summed E-state index contributed by atoms with van der Waals surface area (Å²) < 4.78 is 25.0. The molecule has 0 aliphatic heterocycles. The van der Waals surface area contributed by atoms with E-state index in [2.05, 4.69) is 5.10 Å². The zero-order valence-corrected chi connectivity index (χ0v) is 5.91. The van der Waals surface area contributed by atoms with Gasteiger partial charge in [-0.25, -0.2) is 8.78 Å². The highest BCUT2D eigenvalue weighted by Crippen LogP contribution is 2.18. The summed E-state index contributed by atoms with van der Waals surface area (Å²) >= 11 is 0. The summed E-state index contributed by atoms with van der Waals surface area (Å²) in [6.45, 7) is 0. The highest BCUT2D eigenvalue weighted by atomic mass is 19.3. The molecule has 5 heteroatoms. The van der Waals surface area contributed by atoms with E-state index < -0.39 is 12.5 Å². The topological polar surface area (TPSA) is 38.0 Å². The lowest BCUT2D eigenvalue weighted by atomic mass is 10.2. The molecule has 1 atom stereocenters. The SMILES string of the molecule is Cn1cc(C(O)C(F)F)cn1. The first kappa shape index (κ1) is 8.13. The maximum atomic E-state index is 11.8. The highest BCUT2D eigenvalue weighted by molar-refractivity contribution is 5.08. The number of aliphatic hydroxyl groups excluding tert-OH is 1. The molecule has 1 N–H and O–H groups in total. The number of alkyl halides is 2. The molecule has 11 heavy (non-hydrogen) atoms. The lowest BCUT2D eigenvalue weighted by molar-refractivity contribution is -0.00581. The van der Waals surface area contributed by atoms with Crippen LogP contribution >= 0.6 is 0 Å². The number of rotatable bonds is 2. The first-order valence-corrected chi connectivity index (χ1v) is 3.06. The zero-order chi connectivity index (χ0) is 8.43. The average Bonchev–Trinajstić information content (AvgIpc) is 2.34. The van der Waals surface area contributed by atoms with Gasteiger partial charge in [-0.2, -0.15) is 5.10 Å². The van der Waals surface area contributed by atoms with Crippen LogP contribution in [0, 0.1) is 0 Å². The second kappa shape index (κ2) is 2.96.